The van der Waals surface area contributed by atoms with Crippen LogP contribution in [0, 0.1) is 6.92 Å². The number of nitrogens with zero attached hydrogens (tertiary/aromatic N) is 4. The van der Waals surface area contributed by atoms with E-state index in [0.717, 1.165) is 23.1 Å². The molecule has 0 bridgehead atoms. The van der Waals surface area contributed by atoms with E-state index in [1.165, 1.54) is 5.56 Å². The van der Waals surface area contributed by atoms with Crippen LogP contribution in [0.15, 0.2) is 29.0 Å². The zero-order valence-corrected chi connectivity index (χ0v) is 14.6. The standard InChI is InChI=1S/C18H21N5O2/c1-10(2)12-4-5-14-13(8-12)17(20-9-19-14)22-15-6-7-24-16(15)18-21-11(3)23-25-18/h4-5,8-10,15-16H,6-7H2,1-3H3,(H,19,20,22)/t15-,16+/m1/s1. The second-order valence-electron chi connectivity index (χ2n) is 6.66. The third-order valence-corrected chi connectivity index (χ3v) is 4.53. The lowest BCUT2D eigenvalue weighted by Crippen LogP contribution is -2.24. The molecule has 1 N–H and O–H groups in total. The molecule has 2 atom stereocenters. The van der Waals surface area contributed by atoms with Crippen molar-refractivity contribution in [1.82, 2.24) is 20.1 Å². The minimum atomic E-state index is -0.264. The fourth-order valence-corrected chi connectivity index (χ4v) is 3.13. The number of fused-ring (bicyclic) bond motifs is 1. The molecule has 1 aliphatic heterocycles. The molecule has 4 rings (SSSR count). The summed E-state index contributed by atoms with van der Waals surface area (Å²) in [5, 5.41) is 8.38. The molecule has 25 heavy (non-hydrogen) atoms. The summed E-state index contributed by atoms with van der Waals surface area (Å²) in [5.74, 6) is 2.37. The Labute approximate surface area is 145 Å². The van der Waals surface area contributed by atoms with E-state index in [2.05, 4.69) is 51.4 Å². The van der Waals surface area contributed by atoms with Gasteiger partial charge < -0.3 is 14.6 Å². The molecule has 3 aromatic rings. The highest BCUT2D eigenvalue weighted by Gasteiger charge is 2.34. The normalized spacial score (nSPS) is 20.5. The van der Waals surface area contributed by atoms with Crippen LogP contribution in [0.25, 0.3) is 10.9 Å². The van der Waals surface area contributed by atoms with Gasteiger partial charge in [0.2, 0.25) is 0 Å². The van der Waals surface area contributed by atoms with E-state index >= 15 is 0 Å². The van der Waals surface area contributed by atoms with Crippen molar-refractivity contribution in [3.05, 3.63) is 41.8 Å². The Hall–Kier alpha value is -2.54. The summed E-state index contributed by atoms with van der Waals surface area (Å²) in [6, 6.07) is 6.35. The lowest BCUT2D eigenvalue weighted by molar-refractivity contribution is 0.0792. The first-order valence-electron chi connectivity index (χ1n) is 8.55. The molecule has 0 spiro atoms. The number of hydrogen-bond acceptors (Lipinski definition) is 7. The molecule has 0 radical (unpaired) electrons. The fraction of sp³-hybridized carbons (Fsp3) is 0.444. The largest absolute Gasteiger partial charge is 0.366 e. The zero-order chi connectivity index (χ0) is 17.4. The Kier molecular flexibility index (Phi) is 4.09. The number of nitrogens with one attached hydrogen (secondary N) is 1. The summed E-state index contributed by atoms with van der Waals surface area (Å²) < 4.78 is 11.1. The Morgan fingerprint density at radius 2 is 2.12 bits per heavy atom. The summed E-state index contributed by atoms with van der Waals surface area (Å²) >= 11 is 0. The van der Waals surface area contributed by atoms with Crippen molar-refractivity contribution >= 4 is 16.7 Å². The van der Waals surface area contributed by atoms with Gasteiger partial charge in [0.1, 0.15) is 12.1 Å². The number of aryl methyl sites for hydroxylation is 1. The predicted octanol–water partition coefficient (Wildman–Crippen LogP) is 3.39. The van der Waals surface area contributed by atoms with Crippen molar-refractivity contribution in [2.24, 2.45) is 0 Å². The number of aromatic nitrogens is 4. The molecule has 3 heterocycles. The van der Waals surface area contributed by atoms with E-state index in [1.807, 2.05) is 6.07 Å². The Balaban J connectivity index is 1.66. The smallest absolute Gasteiger partial charge is 0.257 e. The molecular weight excluding hydrogens is 318 g/mol. The first-order chi connectivity index (χ1) is 12.1. The summed E-state index contributed by atoms with van der Waals surface area (Å²) in [6.45, 7) is 6.80. The van der Waals surface area contributed by atoms with Gasteiger partial charge in [0.25, 0.3) is 5.89 Å². The van der Waals surface area contributed by atoms with Gasteiger partial charge in [-0.15, -0.1) is 0 Å². The van der Waals surface area contributed by atoms with E-state index in [4.69, 9.17) is 9.26 Å². The predicted molar refractivity (Wildman–Crippen MR) is 93.4 cm³/mol. The highest BCUT2D eigenvalue weighted by Crippen LogP contribution is 2.32. The van der Waals surface area contributed by atoms with Gasteiger partial charge in [0, 0.05) is 12.0 Å². The van der Waals surface area contributed by atoms with Crippen LogP contribution in [0.5, 0.6) is 0 Å². The topological polar surface area (TPSA) is 86.0 Å². The second-order valence-corrected chi connectivity index (χ2v) is 6.66. The van der Waals surface area contributed by atoms with Gasteiger partial charge in [0.05, 0.1) is 11.6 Å². The van der Waals surface area contributed by atoms with Gasteiger partial charge in [0.15, 0.2) is 11.9 Å². The molecule has 2 aromatic heterocycles. The average Bonchev–Trinajstić information content (AvgIpc) is 3.23. The van der Waals surface area contributed by atoms with E-state index in [1.54, 1.807) is 13.3 Å². The molecule has 130 valence electrons. The quantitative estimate of drug-likeness (QED) is 0.779. The van der Waals surface area contributed by atoms with Gasteiger partial charge in [-0.25, -0.2) is 9.97 Å². The van der Waals surface area contributed by atoms with Crippen LogP contribution in [-0.2, 0) is 4.74 Å². The van der Waals surface area contributed by atoms with Crippen LogP contribution in [0.4, 0.5) is 5.82 Å². The summed E-state index contributed by atoms with van der Waals surface area (Å²) in [7, 11) is 0. The first-order valence-corrected chi connectivity index (χ1v) is 8.55. The van der Waals surface area contributed by atoms with Gasteiger partial charge in [-0.3, -0.25) is 0 Å². The fourth-order valence-electron chi connectivity index (χ4n) is 3.13. The molecule has 1 aliphatic rings. The monoisotopic (exact) mass is 339 g/mol. The van der Waals surface area contributed by atoms with Crippen molar-refractivity contribution < 1.29 is 9.26 Å². The zero-order valence-electron chi connectivity index (χ0n) is 14.6. The van der Waals surface area contributed by atoms with Crippen molar-refractivity contribution in [2.45, 2.75) is 45.3 Å². The summed E-state index contributed by atoms with van der Waals surface area (Å²) in [5.41, 5.74) is 2.18. The SMILES string of the molecule is Cc1noc([C@H]2OCC[C@H]2Nc2ncnc3ccc(C(C)C)cc23)n1. The van der Waals surface area contributed by atoms with Gasteiger partial charge in [-0.05, 0) is 37.0 Å². The van der Waals surface area contributed by atoms with Crippen molar-refractivity contribution in [3.8, 4) is 0 Å². The van der Waals surface area contributed by atoms with Crippen LogP contribution in [0.1, 0.15) is 49.6 Å². The Bertz CT molecular complexity index is 892. The molecule has 0 aliphatic carbocycles. The van der Waals surface area contributed by atoms with Crippen molar-refractivity contribution in [1.29, 1.82) is 0 Å². The van der Waals surface area contributed by atoms with E-state index < -0.39 is 0 Å². The number of hydrogen-bond donors (Lipinski definition) is 1. The Morgan fingerprint density at radius 3 is 2.88 bits per heavy atom. The molecule has 1 fully saturated rings. The highest BCUT2D eigenvalue weighted by molar-refractivity contribution is 5.89. The molecule has 0 amide bonds. The Morgan fingerprint density at radius 1 is 1.24 bits per heavy atom. The third-order valence-electron chi connectivity index (χ3n) is 4.53. The lowest BCUT2D eigenvalue weighted by atomic mass is 10.0. The van der Waals surface area contributed by atoms with Crippen LogP contribution < -0.4 is 5.32 Å². The highest BCUT2D eigenvalue weighted by atomic mass is 16.5. The number of ether oxygens (including phenoxy) is 1. The average molecular weight is 339 g/mol. The molecule has 7 heteroatoms. The number of rotatable bonds is 4. The maximum atomic E-state index is 5.81. The number of anilines is 1. The summed E-state index contributed by atoms with van der Waals surface area (Å²) in [6.07, 6.45) is 2.17. The van der Waals surface area contributed by atoms with E-state index in [0.29, 0.717) is 24.2 Å². The van der Waals surface area contributed by atoms with Crippen LogP contribution in [-0.4, -0.2) is 32.8 Å². The molecule has 1 aromatic carbocycles. The van der Waals surface area contributed by atoms with E-state index in [-0.39, 0.29) is 12.1 Å². The van der Waals surface area contributed by atoms with Gasteiger partial charge in [-0.1, -0.05) is 25.1 Å². The van der Waals surface area contributed by atoms with E-state index in [9.17, 15) is 0 Å². The maximum absolute atomic E-state index is 5.81. The molecule has 1 saturated heterocycles. The van der Waals surface area contributed by atoms with Crippen LogP contribution in [0.3, 0.4) is 0 Å². The molecule has 0 saturated carbocycles. The van der Waals surface area contributed by atoms with Gasteiger partial charge in [-0.2, -0.15) is 4.98 Å². The van der Waals surface area contributed by atoms with Crippen molar-refractivity contribution in [3.63, 3.8) is 0 Å². The molecule has 7 nitrogen and oxygen atoms in total. The van der Waals surface area contributed by atoms with Crippen LogP contribution in [0.2, 0.25) is 0 Å². The maximum Gasteiger partial charge on any atom is 0.257 e. The molecule has 0 unspecified atom stereocenters. The molecular formula is C18H21N5O2. The lowest BCUT2D eigenvalue weighted by Gasteiger charge is -2.18. The first kappa shape index (κ1) is 16.0. The minimum Gasteiger partial charge on any atom is -0.366 e. The third kappa shape index (κ3) is 3.07. The van der Waals surface area contributed by atoms with Gasteiger partial charge >= 0.3 is 0 Å². The summed E-state index contributed by atoms with van der Waals surface area (Å²) in [4.78, 5) is 13.1. The number of benzene rings is 1. The second kappa shape index (κ2) is 6.40. The minimum absolute atomic E-state index is 0.0284. The van der Waals surface area contributed by atoms with Crippen molar-refractivity contribution in [2.75, 3.05) is 11.9 Å². The van der Waals surface area contributed by atoms with Crippen LogP contribution >= 0.6 is 0 Å².